The molecular weight excluding hydrogens is 221 g/mol. The standard InChI is InChI=1S/C12H14FN3O/c1-15-10(12(14)17)5-7-6-16-11-8(7)3-2-4-9(11)13/h2-4,6,10,15-16H,5H2,1H3,(H2,14,17)/t10-/m0/s1. The number of hydrogen-bond donors (Lipinski definition) is 3. The number of aromatic nitrogens is 1. The molecule has 0 spiro atoms. The Kier molecular flexibility index (Phi) is 3.10. The zero-order valence-corrected chi connectivity index (χ0v) is 9.46. The molecule has 5 heteroatoms. The van der Waals surface area contributed by atoms with Crippen molar-refractivity contribution < 1.29 is 9.18 Å². The highest BCUT2D eigenvalue weighted by Crippen LogP contribution is 2.21. The Labute approximate surface area is 98.0 Å². The topological polar surface area (TPSA) is 70.9 Å². The minimum Gasteiger partial charge on any atom is -0.368 e. The van der Waals surface area contributed by atoms with Gasteiger partial charge in [0.1, 0.15) is 5.82 Å². The lowest BCUT2D eigenvalue weighted by Crippen LogP contribution is -2.40. The molecule has 0 bridgehead atoms. The van der Waals surface area contributed by atoms with Gasteiger partial charge in [-0.25, -0.2) is 4.39 Å². The molecule has 0 aliphatic carbocycles. The lowest BCUT2D eigenvalue weighted by molar-refractivity contribution is -0.119. The number of nitrogens with two attached hydrogens (primary N) is 1. The number of likely N-dealkylation sites (N-methyl/N-ethyl adjacent to an activating group) is 1. The molecule has 4 nitrogen and oxygen atoms in total. The number of hydrogen-bond acceptors (Lipinski definition) is 2. The number of rotatable bonds is 4. The number of aromatic amines is 1. The van der Waals surface area contributed by atoms with Crippen LogP contribution < -0.4 is 11.1 Å². The number of carbonyl (C=O) groups is 1. The molecule has 0 radical (unpaired) electrons. The minimum absolute atomic E-state index is 0.297. The third kappa shape index (κ3) is 2.14. The second-order valence-electron chi connectivity index (χ2n) is 3.92. The number of H-pyrrole nitrogens is 1. The summed E-state index contributed by atoms with van der Waals surface area (Å²) < 4.78 is 13.4. The van der Waals surface area contributed by atoms with Crippen LogP contribution in [0.1, 0.15) is 5.56 Å². The fraction of sp³-hybridized carbons (Fsp3) is 0.250. The molecule has 0 saturated carbocycles. The summed E-state index contributed by atoms with van der Waals surface area (Å²) in [4.78, 5) is 14.0. The first kappa shape index (κ1) is 11.6. The highest BCUT2D eigenvalue weighted by molar-refractivity contribution is 5.85. The van der Waals surface area contributed by atoms with Crippen molar-refractivity contribution in [3.8, 4) is 0 Å². The van der Waals surface area contributed by atoms with Crippen molar-refractivity contribution in [3.63, 3.8) is 0 Å². The van der Waals surface area contributed by atoms with Gasteiger partial charge in [0.25, 0.3) is 0 Å². The Balaban J connectivity index is 2.37. The molecular formula is C12H14FN3O. The Morgan fingerprint density at radius 2 is 2.35 bits per heavy atom. The Hall–Kier alpha value is -1.88. The van der Waals surface area contributed by atoms with E-state index in [0.29, 0.717) is 11.9 Å². The van der Waals surface area contributed by atoms with E-state index in [-0.39, 0.29) is 5.82 Å². The third-order valence-electron chi connectivity index (χ3n) is 2.87. The second-order valence-corrected chi connectivity index (χ2v) is 3.92. The number of halogens is 1. The smallest absolute Gasteiger partial charge is 0.234 e. The van der Waals surface area contributed by atoms with Gasteiger partial charge in [0.15, 0.2) is 0 Å². The van der Waals surface area contributed by atoms with Crippen LogP contribution in [0.15, 0.2) is 24.4 Å². The maximum absolute atomic E-state index is 13.4. The molecule has 0 fully saturated rings. The van der Waals surface area contributed by atoms with Crippen LogP contribution in [-0.4, -0.2) is 24.0 Å². The van der Waals surface area contributed by atoms with Crippen molar-refractivity contribution >= 4 is 16.8 Å². The molecule has 4 N–H and O–H groups in total. The van der Waals surface area contributed by atoms with Crippen LogP contribution in [0, 0.1) is 5.82 Å². The van der Waals surface area contributed by atoms with E-state index in [9.17, 15) is 9.18 Å². The lowest BCUT2D eigenvalue weighted by atomic mass is 10.0. The maximum Gasteiger partial charge on any atom is 0.234 e. The fourth-order valence-electron chi connectivity index (χ4n) is 1.91. The summed E-state index contributed by atoms with van der Waals surface area (Å²) in [5, 5.41) is 3.62. The second kappa shape index (κ2) is 4.55. The molecule has 1 amide bonds. The highest BCUT2D eigenvalue weighted by atomic mass is 19.1. The van der Waals surface area contributed by atoms with Crippen LogP contribution in [0.25, 0.3) is 10.9 Å². The van der Waals surface area contributed by atoms with E-state index in [4.69, 9.17) is 5.73 Å². The van der Waals surface area contributed by atoms with Crippen LogP contribution in [0.2, 0.25) is 0 Å². The van der Waals surface area contributed by atoms with E-state index in [1.54, 1.807) is 19.3 Å². The van der Waals surface area contributed by atoms with Crippen molar-refractivity contribution in [2.24, 2.45) is 5.73 Å². The van der Waals surface area contributed by atoms with E-state index in [2.05, 4.69) is 10.3 Å². The molecule has 0 aliphatic heterocycles. The van der Waals surface area contributed by atoms with Crippen LogP contribution >= 0.6 is 0 Å². The minimum atomic E-state index is -0.447. The van der Waals surface area contributed by atoms with Gasteiger partial charge in [-0.3, -0.25) is 4.79 Å². The Morgan fingerprint density at radius 1 is 1.59 bits per heavy atom. The molecule has 0 unspecified atom stereocenters. The zero-order chi connectivity index (χ0) is 12.4. The average Bonchev–Trinajstić information content (AvgIpc) is 2.70. The fourth-order valence-corrected chi connectivity index (χ4v) is 1.91. The van der Waals surface area contributed by atoms with Gasteiger partial charge in [-0.2, -0.15) is 0 Å². The van der Waals surface area contributed by atoms with Crippen molar-refractivity contribution in [1.29, 1.82) is 0 Å². The summed E-state index contributed by atoms with van der Waals surface area (Å²) in [6.07, 6.45) is 2.15. The van der Waals surface area contributed by atoms with Gasteiger partial charge in [-0.15, -0.1) is 0 Å². The summed E-state index contributed by atoms with van der Waals surface area (Å²) in [7, 11) is 1.67. The average molecular weight is 235 g/mol. The highest BCUT2D eigenvalue weighted by Gasteiger charge is 2.16. The summed E-state index contributed by atoms with van der Waals surface area (Å²) >= 11 is 0. The number of carbonyl (C=O) groups excluding carboxylic acids is 1. The van der Waals surface area contributed by atoms with Crippen molar-refractivity contribution in [2.45, 2.75) is 12.5 Å². The van der Waals surface area contributed by atoms with Gasteiger partial charge in [0.2, 0.25) is 5.91 Å². The summed E-state index contributed by atoms with van der Waals surface area (Å²) in [6, 6.07) is 4.41. The predicted octanol–water partition coefficient (Wildman–Crippen LogP) is 0.923. The number of fused-ring (bicyclic) bond motifs is 1. The number of nitrogens with one attached hydrogen (secondary N) is 2. The quantitative estimate of drug-likeness (QED) is 0.737. The number of amides is 1. The molecule has 1 aromatic heterocycles. The van der Waals surface area contributed by atoms with Crippen LogP contribution in [0.4, 0.5) is 4.39 Å². The molecule has 17 heavy (non-hydrogen) atoms. The molecule has 90 valence electrons. The molecule has 0 saturated heterocycles. The lowest BCUT2D eigenvalue weighted by Gasteiger charge is -2.11. The van der Waals surface area contributed by atoms with E-state index < -0.39 is 11.9 Å². The normalized spacial score (nSPS) is 12.8. The van der Waals surface area contributed by atoms with Gasteiger partial charge in [0, 0.05) is 11.6 Å². The van der Waals surface area contributed by atoms with Crippen LogP contribution in [0.3, 0.4) is 0 Å². The SMILES string of the molecule is CN[C@@H](Cc1c[nH]c2c(F)cccc12)C(N)=O. The molecule has 2 rings (SSSR count). The monoisotopic (exact) mass is 235 g/mol. The number of para-hydroxylation sites is 1. The third-order valence-corrected chi connectivity index (χ3v) is 2.87. The first-order valence-electron chi connectivity index (χ1n) is 5.34. The molecule has 0 aliphatic rings. The molecule has 1 aromatic carbocycles. The van der Waals surface area contributed by atoms with Gasteiger partial charge < -0.3 is 16.0 Å². The van der Waals surface area contributed by atoms with Crippen molar-refractivity contribution in [3.05, 3.63) is 35.8 Å². The first-order chi connectivity index (χ1) is 8.13. The van der Waals surface area contributed by atoms with Crippen molar-refractivity contribution in [2.75, 3.05) is 7.05 Å². The van der Waals surface area contributed by atoms with Gasteiger partial charge in [-0.05, 0) is 25.1 Å². The molecule has 1 atom stereocenters. The summed E-state index contributed by atoms with van der Waals surface area (Å²) in [5.74, 6) is -0.716. The van der Waals surface area contributed by atoms with E-state index >= 15 is 0 Å². The van der Waals surface area contributed by atoms with Crippen LogP contribution in [0.5, 0.6) is 0 Å². The van der Waals surface area contributed by atoms with Gasteiger partial charge in [0.05, 0.1) is 11.6 Å². The Morgan fingerprint density at radius 3 is 3.00 bits per heavy atom. The van der Waals surface area contributed by atoms with E-state index in [0.717, 1.165) is 10.9 Å². The predicted molar refractivity (Wildman–Crippen MR) is 64.0 cm³/mol. The van der Waals surface area contributed by atoms with Crippen molar-refractivity contribution in [1.82, 2.24) is 10.3 Å². The number of benzene rings is 1. The molecule has 2 aromatic rings. The first-order valence-corrected chi connectivity index (χ1v) is 5.34. The molecule has 1 heterocycles. The van der Waals surface area contributed by atoms with E-state index in [1.165, 1.54) is 6.07 Å². The maximum atomic E-state index is 13.4. The number of primary amides is 1. The van der Waals surface area contributed by atoms with Crippen LogP contribution in [-0.2, 0) is 11.2 Å². The Bertz CT molecular complexity index is 550. The van der Waals surface area contributed by atoms with Gasteiger partial charge >= 0.3 is 0 Å². The summed E-state index contributed by atoms with van der Waals surface area (Å²) in [5.41, 5.74) is 6.58. The van der Waals surface area contributed by atoms with E-state index in [1.807, 2.05) is 6.07 Å². The largest absolute Gasteiger partial charge is 0.368 e. The summed E-state index contributed by atoms with van der Waals surface area (Å²) in [6.45, 7) is 0. The van der Waals surface area contributed by atoms with Gasteiger partial charge in [-0.1, -0.05) is 12.1 Å². The zero-order valence-electron chi connectivity index (χ0n) is 9.46.